The van der Waals surface area contributed by atoms with Crippen LogP contribution in [0.1, 0.15) is 17.0 Å². The van der Waals surface area contributed by atoms with Crippen molar-refractivity contribution in [2.45, 2.75) is 25.3 Å². The number of sulfonamides is 1. The average molecular weight is 428 g/mol. The molecule has 4 rings (SSSR count). The van der Waals surface area contributed by atoms with Gasteiger partial charge in [-0.15, -0.1) is 10.2 Å². The van der Waals surface area contributed by atoms with Gasteiger partial charge in [0.2, 0.25) is 0 Å². The number of nitrogens with zero attached hydrogens (tertiary/aromatic N) is 4. The first-order valence-electron chi connectivity index (χ1n) is 9.11. The molecule has 0 fully saturated rings. The van der Waals surface area contributed by atoms with Crippen LogP contribution in [0.25, 0.3) is 5.65 Å². The van der Waals surface area contributed by atoms with Crippen LogP contribution in [-0.4, -0.2) is 23.0 Å². The fraction of sp³-hybridized carbons (Fsp3) is 0.143. The van der Waals surface area contributed by atoms with Crippen LogP contribution in [0.5, 0.6) is 0 Å². The highest BCUT2D eigenvalue weighted by atomic mass is 32.2. The van der Waals surface area contributed by atoms with E-state index in [9.17, 15) is 17.2 Å². The minimum absolute atomic E-state index is 0.105. The molecule has 0 atom stereocenters. The number of hydrogen-bond donors (Lipinski definition) is 0. The molecule has 0 unspecified atom stereocenters. The van der Waals surface area contributed by atoms with E-state index in [1.54, 1.807) is 35.7 Å². The number of hydrogen-bond acceptors (Lipinski definition) is 4. The smallest absolute Gasteiger partial charge is 0.268 e. The number of halogens is 2. The predicted molar refractivity (Wildman–Crippen MR) is 109 cm³/mol. The molecule has 0 saturated heterocycles. The molecule has 0 radical (unpaired) electrons. The maximum absolute atomic E-state index is 14.0. The van der Waals surface area contributed by atoms with Crippen molar-refractivity contribution in [3.63, 3.8) is 0 Å². The molecular formula is C21H18F2N4O2S. The minimum Gasteiger partial charge on any atom is -0.286 e. The van der Waals surface area contributed by atoms with Crippen molar-refractivity contribution in [2.75, 3.05) is 4.31 Å². The molecule has 0 aliphatic heterocycles. The predicted octanol–water partition coefficient (Wildman–Crippen LogP) is 4.02. The van der Waals surface area contributed by atoms with E-state index in [0.717, 1.165) is 22.0 Å². The highest BCUT2D eigenvalue weighted by Gasteiger charge is 2.29. The van der Waals surface area contributed by atoms with Crippen LogP contribution < -0.4 is 4.31 Å². The van der Waals surface area contributed by atoms with E-state index in [-0.39, 0.29) is 22.8 Å². The molecule has 2 aromatic heterocycles. The zero-order chi connectivity index (χ0) is 21.5. The van der Waals surface area contributed by atoms with E-state index < -0.39 is 21.7 Å². The standard InChI is InChI=1S/C21H18F2N4O2S/c1-14-6-3-4-7-16(14)13-27(19-11-17(22)10-18(23)12-19)30(28,29)20-8-5-9-26-15(2)24-25-21(20)26/h3-12H,13H2,1-2H3. The summed E-state index contributed by atoms with van der Waals surface area (Å²) >= 11 is 0. The first-order valence-corrected chi connectivity index (χ1v) is 10.5. The monoisotopic (exact) mass is 428 g/mol. The fourth-order valence-corrected chi connectivity index (χ4v) is 4.82. The van der Waals surface area contributed by atoms with Crippen LogP contribution in [0.2, 0.25) is 0 Å². The second-order valence-electron chi connectivity index (χ2n) is 6.88. The minimum atomic E-state index is -4.24. The molecule has 0 N–H and O–H groups in total. The molecule has 4 aromatic rings. The summed E-state index contributed by atoms with van der Waals surface area (Å²) in [5.74, 6) is -1.22. The second-order valence-corrected chi connectivity index (χ2v) is 8.71. The van der Waals surface area contributed by atoms with Crippen LogP contribution in [0.15, 0.2) is 65.7 Å². The number of aromatic nitrogens is 3. The number of aryl methyl sites for hydroxylation is 2. The van der Waals surface area contributed by atoms with Crippen LogP contribution in [0.4, 0.5) is 14.5 Å². The van der Waals surface area contributed by atoms with Gasteiger partial charge in [0.25, 0.3) is 10.0 Å². The lowest BCUT2D eigenvalue weighted by Crippen LogP contribution is -2.31. The van der Waals surface area contributed by atoms with Gasteiger partial charge in [-0.05, 0) is 49.2 Å². The molecule has 9 heteroatoms. The van der Waals surface area contributed by atoms with Crippen molar-refractivity contribution >= 4 is 21.4 Å². The van der Waals surface area contributed by atoms with E-state index in [1.165, 1.54) is 6.07 Å². The van der Waals surface area contributed by atoms with E-state index >= 15 is 0 Å². The lowest BCUT2D eigenvalue weighted by molar-refractivity contribution is 0.580. The Morgan fingerprint density at radius 3 is 2.37 bits per heavy atom. The van der Waals surface area contributed by atoms with Crippen molar-refractivity contribution in [2.24, 2.45) is 0 Å². The summed E-state index contributed by atoms with van der Waals surface area (Å²) in [5.41, 5.74) is 1.58. The van der Waals surface area contributed by atoms with E-state index in [0.29, 0.717) is 17.5 Å². The maximum atomic E-state index is 14.0. The van der Waals surface area contributed by atoms with E-state index in [4.69, 9.17) is 0 Å². The Bertz CT molecular complexity index is 1330. The van der Waals surface area contributed by atoms with Crippen molar-refractivity contribution < 1.29 is 17.2 Å². The second kappa shape index (κ2) is 7.49. The van der Waals surface area contributed by atoms with E-state index in [2.05, 4.69) is 10.2 Å². The Hall–Kier alpha value is -3.33. The van der Waals surface area contributed by atoms with Gasteiger partial charge in [0.1, 0.15) is 22.4 Å². The largest absolute Gasteiger partial charge is 0.286 e. The molecule has 2 aromatic carbocycles. The summed E-state index contributed by atoms with van der Waals surface area (Å²) in [6, 6.07) is 12.9. The lowest BCUT2D eigenvalue weighted by Gasteiger charge is -2.25. The van der Waals surface area contributed by atoms with Gasteiger partial charge >= 0.3 is 0 Å². The maximum Gasteiger partial charge on any atom is 0.268 e. The van der Waals surface area contributed by atoms with Gasteiger partial charge in [-0.2, -0.15) is 0 Å². The van der Waals surface area contributed by atoms with Crippen LogP contribution in [-0.2, 0) is 16.6 Å². The molecule has 30 heavy (non-hydrogen) atoms. The molecule has 2 heterocycles. The van der Waals surface area contributed by atoms with Gasteiger partial charge in [0.15, 0.2) is 5.65 Å². The molecule has 0 aliphatic rings. The molecule has 0 bridgehead atoms. The Kier molecular flexibility index (Phi) is 4.98. The Morgan fingerprint density at radius 1 is 0.967 bits per heavy atom. The zero-order valence-corrected chi connectivity index (χ0v) is 17.1. The normalized spacial score (nSPS) is 11.7. The van der Waals surface area contributed by atoms with Gasteiger partial charge < -0.3 is 0 Å². The van der Waals surface area contributed by atoms with Gasteiger partial charge in [-0.1, -0.05) is 24.3 Å². The molecule has 6 nitrogen and oxygen atoms in total. The Morgan fingerprint density at radius 2 is 1.67 bits per heavy atom. The molecule has 0 spiro atoms. The number of anilines is 1. The first kappa shape index (κ1) is 20.0. The third-order valence-corrected chi connectivity index (χ3v) is 6.64. The number of rotatable bonds is 5. The third-order valence-electron chi connectivity index (χ3n) is 4.85. The lowest BCUT2D eigenvalue weighted by atomic mass is 10.1. The van der Waals surface area contributed by atoms with Crippen LogP contribution in [0, 0.1) is 25.5 Å². The van der Waals surface area contributed by atoms with E-state index in [1.807, 2.05) is 19.1 Å². The summed E-state index contributed by atoms with van der Waals surface area (Å²) in [5, 5.41) is 7.92. The summed E-state index contributed by atoms with van der Waals surface area (Å²) in [4.78, 5) is -0.108. The van der Waals surface area contributed by atoms with Crippen molar-refractivity contribution in [3.05, 3.63) is 89.4 Å². The van der Waals surface area contributed by atoms with Gasteiger partial charge in [-0.25, -0.2) is 17.2 Å². The zero-order valence-electron chi connectivity index (χ0n) is 16.3. The number of fused-ring (bicyclic) bond motifs is 1. The Labute approximate surface area is 172 Å². The van der Waals surface area contributed by atoms with Gasteiger partial charge in [-0.3, -0.25) is 8.71 Å². The molecular weight excluding hydrogens is 410 g/mol. The summed E-state index contributed by atoms with van der Waals surface area (Å²) in [6.45, 7) is 3.43. The van der Waals surface area contributed by atoms with Crippen LogP contribution >= 0.6 is 0 Å². The highest BCUT2D eigenvalue weighted by molar-refractivity contribution is 7.93. The summed E-state index contributed by atoms with van der Waals surface area (Å²) in [6.07, 6.45) is 1.65. The quantitative estimate of drug-likeness (QED) is 0.482. The number of benzene rings is 2. The first-order chi connectivity index (χ1) is 14.3. The molecule has 0 amide bonds. The van der Waals surface area contributed by atoms with Crippen molar-refractivity contribution in [1.29, 1.82) is 0 Å². The topological polar surface area (TPSA) is 67.6 Å². The SMILES string of the molecule is Cc1ccccc1CN(c1cc(F)cc(F)c1)S(=O)(=O)c1cccn2c(C)nnc12. The average Bonchev–Trinajstić information content (AvgIpc) is 3.07. The molecule has 0 aliphatic carbocycles. The van der Waals surface area contributed by atoms with Crippen molar-refractivity contribution in [1.82, 2.24) is 14.6 Å². The summed E-state index contributed by atoms with van der Waals surface area (Å²) in [7, 11) is -4.24. The molecule has 0 saturated carbocycles. The summed E-state index contributed by atoms with van der Waals surface area (Å²) < 4.78 is 57.9. The van der Waals surface area contributed by atoms with Gasteiger partial charge in [0, 0.05) is 12.3 Å². The fourth-order valence-electron chi connectivity index (χ4n) is 3.27. The van der Waals surface area contributed by atoms with Crippen LogP contribution in [0.3, 0.4) is 0 Å². The van der Waals surface area contributed by atoms with Crippen molar-refractivity contribution in [3.8, 4) is 0 Å². The Balaban J connectivity index is 1.93. The number of pyridine rings is 1. The third kappa shape index (κ3) is 3.52. The van der Waals surface area contributed by atoms with Gasteiger partial charge in [0.05, 0.1) is 12.2 Å². The highest BCUT2D eigenvalue weighted by Crippen LogP contribution is 2.29. The molecule has 154 valence electrons.